The second-order valence-corrected chi connectivity index (χ2v) is 8.84. The Morgan fingerprint density at radius 1 is 1.00 bits per heavy atom. The van der Waals surface area contributed by atoms with E-state index in [4.69, 9.17) is 16.6 Å². The van der Waals surface area contributed by atoms with Crippen LogP contribution in [0.5, 0.6) is 0 Å². The van der Waals surface area contributed by atoms with Gasteiger partial charge in [-0.3, -0.25) is 10.3 Å². The average molecular weight is 410 g/mol. The molecule has 2 aromatic heterocycles. The third-order valence-corrected chi connectivity index (χ3v) is 6.81. The van der Waals surface area contributed by atoms with Crippen LogP contribution in [0.25, 0.3) is 11.0 Å². The topological polar surface area (TPSA) is 46.0 Å². The van der Waals surface area contributed by atoms with Crippen LogP contribution in [0, 0.1) is 0 Å². The largest absolute Gasteiger partial charge is 0.323 e. The van der Waals surface area contributed by atoms with Crippen molar-refractivity contribution in [2.45, 2.75) is 50.2 Å². The summed E-state index contributed by atoms with van der Waals surface area (Å²) >= 11 is 6.45. The molecule has 3 aromatic rings. The van der Waals surface area contributed by atoms with Crippen molar-refractivity contribution in [1.82, 2.24) is 24.8 Å². The standard InChI is InChI=1S/C23H28ClN5/c1-28-14-11-16(12-15-28)29-21-10-3-2-7-18(21)27-23(29)20-9-4-8-19(26-20)22-17(24)6-5-13-25-22/h2-3,5-7,10,13,16,19-20,26H,4,8-9,11-12,14-15H2,1H3/t19-,20+/m0/s1. The van der Waals surface area contributed by atoms with Crippen LogP contribution in [-0.4, -0.2) is 39.6 Å². The number of benzene rings is 1. The first-order valence-electron chi connectivity index (χ1n) is 10.7. The number of fused-ring (bicyclic) bond motifs is 1. The molecule has 0 aliphatic carbocycles. The molecule has 1 aromatic carbocycles. The first kappa shape index (κ1) is 19.0. The lowest BCUT2D eigenvalue weighted by atomic mass is 9.95. The number of pyridine rings is 1. The number of imidazole rings is 1. The SMILES string of the molecule is CN1CCC(n2c([C@H]3CCC[C@@H](c4ncccc4Cl)N3)nc3ccccc32)CC1. The number of para-hydroxylation sites is 2. The van der Waals surface area contributed by atoms with Gasteiger partial charge in [-0.15, -0.1) is 0 Å². The molecule has 5 nitrogen and oxygen atoms in total. The van der Waals surface area contributed by atoms with E-state index < -0.39 is 0 Å². The molecule has 2 fully saturated rings. The van der Waals surface area contributed by atoms with E-state index in [9.17, 15) is 0 Å². The fraction of sp³-hybridized carbons (Fsp3) is 0.478. The van der Waals surface area contributed by atoms with Crippen LogP contribution < -0.4 is 5.32 Å². The zero-order chi connectivity index (χ0) is 19.8. The summed E-state index contributed by atoms with van der Waals surface area (Å²) in [6.07, 6.45) is 7.48. The Balaban J connectivity index is 1.51. The number of nitrogens with one attached hydrogen (secondary N) is 1. The van der Waals surface area contributed by atoms with Gasteiger partial charge >= 0.3 is 0 Å². The maximum Gasteiger partial charge on any atom is 0.127 e. The quantitative estimate of drug-likeness (QED) is 0.667. The number of likely N-dealkylation sites (tertiary alicyclic amines) is 1. The molecule has 5 rings (SSSR count). The van der Waals surface area contributed by atoms with Crippen LogP contribution in [0.3, 0.4) is 0 Å². The van der Waals surface area contributed by atoms with Crippen LogP contribution in [0.1, 0.15) is 61.7 Å². The van der Waals surface area contributed by atoms with Crippen molar-refractivity contribution in [2.75, 3.05) is 20.1 Å². The highest BCUT2D eigenvalue weighted by Crippen LogP contribution is 2.37. The van der Waals surface area contributed by atoms with E-state index in [0.717, 1.165) is 48.6 Å². The Hall–Kier alpha value is -1.95. The second kappa shape index (κ2) is 8.05. The lowest BCUT2D eigenvalue weighted by Gasteiger charge is -2.35. The van der Waals surface area contributed by atoms with Gasteiger partial charge in [-0.25, -0.2) is 4.98 Å². The fourth-order valence-corrected chi connectivity index (χ4v) is 5.21. The summed E-state index contributed by atoms with van der Waals surface area (Å²) in [5, 5.41) is 4.58. The monoisotopic (exact) mass is 409 g/mol. The zero-order valence-corrected chi connectivity index (χ0v) is 17.6. The Morgan fingerprint density at radius 3 is 2.62 bits per heavy atom. The Labute approximate surface area is 177 Å². The predicted molar refractivity (Wildman–Crippen MR) is 117 cm³/mol. The molecule has 0 saturated carbocycles. The normalized spacial score (nSPS) is 24.2. The van der Waals surface area contributed by atoms with Crippen molar-refractivity contribution in [3.8, 4) is 0 Å². The van der Waals surface area contributed by atoms with Gasteiger partial charge in [-0.05, 0) is 76.5 Å². The van der Waals surface area contributed by atoms with Gasteiger partial charge in [0.25, 0.3) is 0 Å². The zero-order valence-electron chi connectivity index (χ0n) is 16.9. The highest BCUT2D eigenvalue weighted by Gasteiger charge is 2.31. The number of hydrogen-bond acceptors (Lipinski definition) is 4. The third-order valence-electron chi connectivity index (χ3n) is 6.49. The van der Waals surface area contributed by atoms with Crippen molar-refractivity contribution in [1.29, 1.82) is 0 Å². The molecule has 6 heteroatoms. The maximum atomic E-state index is 6.45. The van der Waals surface area contributed by atoms with Crippen LogP contribution in [-0.2, 0) is 0 Å². The number of nitrogens with zero attached hydrogens (tertiary/aromatic N) is 4. The minimum Gasteiger partial charge on any atom is -0.323 e. The molecule has 0 bridgehead atoms. The second-order valence-electron chi connectivity index (χ2n) is 8.44. The van der Waals surface area contributed by atoms with Crippen molar-refractivity contribution >= 4 is 22.6 Å². The number of rotatable bonds is 3. The molecule has 2 atom stereocenters. The molecular weight excluding hydrogens is 382 g/mol. The molecule has 4 heterocycles. The van der Waals surface area contributed by atoms with E-state index in [0.29, 0.717) is 6.04 Å². The molecule has 0 unspecified atom stereocenters. The summed E-state index contributed by atoms with van der Waals surface area (Å²) in [7, 11) is 2.22. The molecule has 0 radical (unpaired) electrons. The molecular formula is C23H28ClN5. The molecule has 29 heavy (non-hydrogen) atoms. The summed E-state index contributed by atoms with van der Waals surface area (Å²) < 4.78 is 2.53. The van der Waals surface area contributed by atoms with Crippen LogP contribution in [0.4, 0.5) is 0 Å². The van der Waals surface area contributed by atoms with Gasteiger partial charge in [0.05, 0.1) is 33.8 Å². The van der Waals surface area contributed by atoms with Gasteiger partial charge in [-0.2, -0.15) is 0 Å². The Bertz CT molecular complexity index is 992. The summed E-state index contributed by atoms with van der Waals surface area (Å²) in [5.41, 5.74) is 3.32. The number of aromatic nitrogens is 3. The molecule has 2 aliphatic rings. The summed E-state index contributed by atoms with van der Waals surface area (Å²) in [5.74, 6) is 1.18. The van der Waals surface area contributed by atoms with Gasteiger partial charge in [-0.1, -0.05) is 23.7 Å². The molecule has 152 valence electrons. The van der Waals surface area contributed by atoms with Gasteiger partial charge in [0.1, 0.15) is 5.82 Å². The first-order chi connectivity index (χ1) is 14.2. The van der Waals surface area contributed by atoms with Crippen molar-refractivity contribution in [2.24, 2.45) is 0 Å². The molecule has 1 N–H and O–H groups in total. The van der Waals surface area contributed by atoms with E-state index in [1.807, 2.05) is 18.3 Å². The van der Waals surface area contributed by atoms with Gasteiger partial charge in [0.15, 0.2) is 0 Å². The van der Waals surface area contributed by atoms with E-state index in [-0.39, 0.29) is 12.1 Å². The highest BCUT2D eigenvalue weighted by atomic mass is 35.5. The molecule has 0 spiro atoms. The number of hydrogen-bond donors (Lipinski definition) is 1. The fourth-order valence-electron chi connectivity index (χ4n) is 4.96. The summed E-state index contributed by atoms with van der Waals surface area (Å²) in [6, 6.07) is 13.3. The lowest BCUT2D eigenvalue weighted by Crippen LogP contribution is -2.36. The van der Waals surface area contributed by atoms with E-state index >= 15 is 0 Å². The van der Waals surface area contributed by atoms with Gasteiger partial charge < -0.3 is 9.47 Å². The molecule has 2 aliphatic heterocycles. The maximum absolute atomic E-state index is 6.45. The van der Waals surface area contributed by atoms with Gasteiger partial charge in [0.2, 0.25) is 0 Å². The minimum atomic E-state index is 0.174. The third kappa shape index (κ3) is 3.67. The smallest absolute Gasteiger partial charge is 0.127 e. The van der Waals surface area contributed by atoms with E-state index in [2.05, 4.69) is 51.1 Å². The number of halogens is 1. The summed E-state index contributed by atoms with van der Waals surface area (Å²) in [6.45, 7) is 2.28. The molecule has 2 saturated heterocycles. The minimum absolute atomic E-state index is 0.174. The van der Waals surface area contributed by atoms with Crippen molar-refractivity contribution in [3.05, 3.63) is 59.1 Å². The Morgan fingerprint density at radius 2 is 1.79 bits per heavy atom. The lowest BCUT2D eigenvalue weighted by molar-refractivity contribution is 0.215. The Kier molecular flexibility index (Phi) is 5.29. The molecule has 0 amide bonds. The van der Waals surface area contributed by atoms with Crippen molar-refractivity contribution in [3.63, 3.8) is 0 Å². The van der Waals surface area contributed by atoms with Gasteiger partial charge in [0, 0.05) is 12.2 Å². The predicted octanol–water partition coefficient (Wildman–Crippen LogP) is 4.91. The van der Waals surface area contributed by atoms with Crippen molar-refractivity contribution < 1.29 is 0 Å². The number of piperidine rings is 2. The van der Waals surface area contributed by atoms with Crippen LogP contribution in [0.2, 0.25) is 5.02 Å². The summed E-state index contributed by atoms with van der Waals surface area (Å²) in [4.78, 5) is 12.1. The van der Waals surface area contributed by atoms with E-state index in [1.165, 1.54) is 24.2 Å². The van der Waals surface area contributed by atoms with Crippen LogP contribution in [0.15, 0.2) is 42.6 Å². The first-order valence-corrected chi connectivity index (χ1v) is 11.1. The average Bonchev–Trinajstić information content (AvgIpc) is 3.14. The van der Waals surface area contributed by atoms with Crippen LogP contribution >= 0.6 is 11.6 Å². The highest BCUT2D eigenvalue weighted by molar-refractivity contribution is 6.31. The van der Waals surface area contributed by atoms with E-state index in [1.54, 1.807) is 0 Å².